The molecule has 0 aliphatic rings. The summed E-state index contributed by atoms with van der Waals surface area (Å²) in [6, 6.07) is 11.4. The smallest absolute Gasteiger partial charge is 0.223 e. The molecule has 0 unspecified atom stereocenters. The summed E-state index contributed by atoms with van der Waals surface area (Å²) in [5, 5.41) is 3.94. The number of nitrogens with zero attached hydrogens (tertiary/aromatic N) is 2. The summed E-state index contributed by atoms with van der Waals surface area (Å²) in [6.45, 7) is 0.329. The van der Waals surface area contributed by atoms with E-state index in [1.54, 1.807) is 6.20 Å². The lowest BCUT2D eigenvalue weighted by molar-refractivity contribution is 0.507. The molecule has 0 saturated heterocycles. The highest BCUT2D eigenvalue weighted by molar-refractivity contribution is 5.78. The van der Waals surface area contributed by atoms with Gasteiger partial charge in [-0.2, -0.15) is 0 Å². The van der Waals surface area contributed by atoms with Crippen molar-refractivity contribution in [1.82, 2.24) is 9.97 Å². The van der Waals surface area contributed by atoms with Crippen LogP contribution in [0.1, 0.15) is 5.56 Å². The van der Waals surface area contributed by atoms with Crippen LogP contribution in [0, 0.1) is 11.6 Å². The van der Waals surface area contributed by atoms with Crippen LogP contribution in [0.3, 0.4) is 0 Å². The average Bonchev–Trinajstić information content (AvgIpc) is 2.48. The van der Waals surface area contributed by atoms with Crippen molar-refractivity contribution < 1.29 is 8.78 Å². The van der Waals surface area contributed by atoms with Crippen LogP contribution in [0.25, 0.3) is 10.9 Å². The number of anilines is 1. The highest BCUT2D eigenvalue weighted by Crippen LogP contribution is 2.13. The van der Waals surface area contributed by atoms with Crippen molar-refractivity contribution >= 4 is 16.9 Å². The maximum absolute atomic E-state index is 13.1. The molecule has 3 aromatic rings. The van der Waals surface area contributed by atoms with Crippen LogP contribution < -0.4 is 5.32 Å². The van der Waals surface area contributed by atoms with Crippen LogP contribution in [-0.2, 0) is 6.54 Å². The van der Waals surface area contributed by atoms with Crippen molar-refractivity contribution in [3.8, 4) is 0 Å². The molecule has 5 heteroatoms. The molecule has 20 heavy (non-hydrogen) atoms. The standard InChI is InChI=1S/C15H11F2N3/c16-12-6-5-10(7-13(12)17)8-18-15-19-9-11-3-1-2-4-14(11)20-15/h1-7,9H,8H2,(H,18,19,20). The number of benzene rings is 2. The molecule has 1 aromatic heterocycles. The summed E-state index contributed by atoms with van der Waals surface area (Å²) in [5.74, 6) is -1.26. The minimum atomic E-state index is -0.858. The Hall–Kier alpha value is -2.56. The third-order valence-electron chi connectivity index (χ3n) is 2.92. The molecule has 0 saturated carbocycles. The Balaban J connectivity index is 1.77. The van der Waals surface area contributed by atoms with E-state index in [0.717, 1.165) is 23.0 Å². The van der Waals surface area contributed by atoms with E-state index < -0.39 is 11.6 Å². The molecule has 0 aliphatic heterocycles. The number of nitrogens with one attached hydrogen (secondary N) is 1. The number of aromatic nitrogens is 2. The van der Waals surface area contributed by atoms with Gasteiger partial charge in [0.15, 0.2) is 11.6 Å². The molecule has 0 spiro atoms. The van der Waals surface area contributed by atoms with E-state index in [1.807, 2.05) is 24.3 Å². The zero-order valence-corrected chi connectivity index (χ0v) is 10.5. The van der Waals surface area contributed by atoms with E-state index in [0.29, 0.717) is 18.1 Å². The quantitative estimate of drug-likeness (QED) is 0.792. The minimum absolute atomic E-state index is 0.329. The van der Waals surface area contributed by atoms with Gasteiger partial charge in [0, 0.05) is 18.1 Å². The molecular weight excluding hydrogens is 260 g/mol. The highest BCUT2D eigenvalue weighted by atomic mass is 19.2. The predicted octanol–water partition coefficient (Wildman–Crippen LogP) is 3.52. The molecule has 3 nitrogen and oxygen atoms in total. The van der Waals surface area contributed by atoms with Gasteiger partial charge in [0.1, 0.15) is 0 Å². The molecular formula is C15H11F2N3. The Morgan fingerprint density at radius 1 is 1.00 bits per heavy atom. The molecule has 1 heterocycles. The van der Waals surface area contributed by atoms with Gasteiger partial charge < -0.3 is 5.32 Å². The fraction of sp³-hybridized carbons (Fsp3) is 0.0667. The summed E-state index contributed by atoms with van der Waals surface area (Å²) in [4.78, 5) is 8.51. The third-order valence-corrected chi connectivity index (χ3v) is 2.92. The minimum Gasteiger partial charge on any atom is -0.350 e. The summed E-state index contributed by atoms with van der Waals surface area (Å²) in [6.07, 6.45) is 1.72. The van der Waals surface area contributed by atoms with Crippen molar-refractivity contribution in [2.75, 3.05) is 5.32 Å². The SMILES string of the molecule is Fc1ccc(CNc2ncc3ccccc3n2)cc1F. The molecule has 0 fully saturated rings. The van der Waals surface area contributed by atoms with Gasteiger partial charge in [-0.1, -0.05) is 24.3 Å². The number of rotatable bonds is 3. The topological polar surface area (TPSA) is 37.8 Å². The Bertz CT molecular complexity index is 759. The summed E-state index contributed by atoms with van der Waals surface area (Å²) >= 11 is 0. The van der Waals surface area contributed by atoms with Crippen LogP contribution in [-0.4, -0.2) is 9.97 Å². The first kappa shape index (κ1) is 12.5. The zero-order chi connectivity index (χ0) is 13.9. The van der Waals surface area contributed by atoms with Gasteiger partial charge in [0.2, 0.25) is 5.95 Å². The van der Waals surface area contributed by atoms with Gasteiger partial charge in [0.25, 0.3) is 0 Å². The molecule has 2 aromatic carbocycles. The van der Waals surface area contributed by atoms with Crippen LogP contribution in [0.15, 0.2) is 48.7 Å². The second-order valence-electron chi connectivity index (χ2n) is 4.35. The van der Waals surface area contributed by atoms with Crippen molar-refractivity contribution in [2.24, 2.45) is 0 Å². The van der Waals surface area contributed by atoms with Crippen LogP contribution >= 0.6 is 0 Å². The van der Waals surface area contributed by atoms with Crippen molar-refractivity contribution in [3.05, 3.63) is 65.9 Å². The first-order valence-corrected chi connectivity index (χ1v) is 6.12. The molecule has 1 N–H and O–H groups in total. The summed E-state index contributed by atoms with van der Waals surface area (Å²) in [7, 11) is 0. The van der Waals surface area contributed by atoms with Gasteiger partial charge in [-0.05, 0) is 23.8 Å². The summed E-state index contributed by atoms with van der Waals surface area (Å²) < 4.78 is 25.9. The highest BCUT2D eigenvalue weighted by Gasteiger charge is 2.03. The Kier molecular flexibility index (Phi) is 3.25. The summed E-state index contributed by atoms with van der Waals surface area (Å²) in [5.41, 5.74) is 1.45. The lowest BCUT2D eigenvalue weighted by Crippen LogP contribution is -2.04. The third kappa shape index (κ3) is 2.56. The largest absolute Gasteiger partial charge is 0.350 e. The predicted molar refractivity (Wildman–Crippen MR) is 73.2 cm³/mol. The monoisotopic (exact) mass is 271 g/mol. The number of para-hydroxylation sites is 1. The number of halogens is 2. The number of fused-ring (bicyclic) bond motifs is 1. The molecule has 0 bridgehead atoms. The average molecular weight is 271 g/mol. The van der Waals surface area contributed by atoms with Gasteiger partial charge in [-0.3, -0.25) is 0 Å². The molecule has 0 atom stereocenters. The maximum atomic E-state index is 13.1. The van der Waals surface area contributed by atoms with E-state index in [2.05, 4.69) is 15.3 Å². The Morgan fingerprint density at radius 3 is 2.70 bits per heavy atom. The van der Waals surface area contributed by atoms with Crippen molar-refractivity contribution in [3.63, 3.8) is 0 Å². The zero-order valence-electron chi connectivity index (χ0n) is 10.5. The first-order chi connectivity index (χ1) is 9.72. The van der Waals surface area contributed by atoms with Crippen molar-refractivity contribution in [1.29, 1.82) is 0 Å². The van der Waals surface area contributed by atoms with E-state index in [4.69, 9.17) is 0 Å². The van der Waals surface area contributed by atoms with Crippen LogP contribution in [0.2, 0.25) is 0 Å². The molecule has 0 radical (unpaired) electrons. The van der Waals surface area contributed by atoms with E-state index >= 15 is 0 Å². The second-order valence-corrected chi connectivity index (χ2v) is 4.35. The van der Waals surface area contributed by atoms with Crippen molar-refractivity contribution in [2.45, 2.75) is 6.54 Å². The lowest BCUT2D eigenvalue weighted by Gasteiger charge is -2.06. The number of hydrogen-bond donors (Lipinski definition) is 1. The van der Waals surface area contributed by atoms with Gasteiger partial charge in [-0.25, -0.2) is 18.7 Å². The van der Waals surface area contributed by atoms with E-state index in [1.165, 1.54) is 6.07 Å². The lowest BCUT2D eigenvalue weighted by atomic mass is 10.2. The first-order valence-electron chi connectivity index (χ1n) is 6.12. The molecule has 3 rings (SSSR count). The van der Waals surface area contributed by atoms with Crippen LogP contribution in [0.4, 0.5) is 14.7 Å². The van der Waals surface area contributed by atoms with Crippen LogP contribution in [0.5, 0.6) is 0 Å². The fourth-order valence-corrected chi connectivity index (χ4v) is 1.89. The second kappa shape index (κ2) is 5.21. The van der Waals surface area contributed by atoms with Gasteiger partial charge in [0.05, 0.1) is 5.52 Å². The number of hydrogen-bond acceptors (Lipinski definition) is 3. The molecule has 0 aliphatic carbocycles. The van der Waals surface area contributed by atoms with Gasteiger partial charge in [-0.15, -0.1) is 0 Å². The Labute approximate surface area is 114 Å². The molecule has 100 valence electrons. The van der Waals surface area contributed by atoms with E-state index in [-0.39, 0.29) is 0 Å². The Morgan fingerprint density at radius 2 is 1.85 bits per heavy atom. The normalized spacial score (nSPS) is 10.7. The van der Waals surface area contributed by atoms with E-state index in [9.17, 15) is 8.78 Å². The maximum Gasteiger partial charge on any atom is 0.223 e. The molecule has 0 amide bonds. The fourth-order valence-electron chi connectivity index (χ4n) is 1.89. The van der Waals surface area contributed by atoms with Gasteiger partial charge >= 0.3 is 0 Å².